The summed E-state index contributed by atoms with van der Waals surface area (Å²) in [5, 5.41) is 10.8. The van der Waals surface area contributed by atoms with Gasteiger partial charge in [-0.1, -0.05) is 32.3 Å². The van der Waals surface area contributed by atoms with Crippen LogP contribution in [0.25, 0.3) is 5.57 Å². The minimum absolute atomic E-state index is 0.207. The van der Waals surface area contributed by atoms with Crippen molar-refractivity contribution in [1.29, 1.82) is 0 Å². The molecule has 1 N–H and O–H groups in total. The van der Waals surface area contributed by atoms with Crippen molar-refractivity contribution in [2.24, 2.45) is 5.92 Å². The van der Waals surface area contributed by atoms with Gasteiger partial charge >= 0.3 is 0 Å². The van der Waals surface area contributed by atoms with E-state index in [-0.39, 0.29) is 5.60 Å². The minimum atomic E-state index is -0.207. The van der Waals surface area contributed by atoms with Gasteiger partial charge in [0.15, 0.2) is 0 Å². The topological polar surface area (TPSA) is 29.5 Å². The van der Waals surface area contributed by atoms with Gasteiger partial charge in [0.1, 0.15) is 17.1 Å². The normalized spacial score (nSPS) is 22.4. The maximum Gasteiger partial charge on any atom is 0.131 e. The molecule has 2 heteroatoms. The summed E-state index contributed by atoms with van der Waals surface area (Å²) in [6, 6.07) is 4.15. The van der Waals surface area contributed by atoms with E-state index in [0.29, 0.717) is 11.7 Å². The van der Waals surface area contributed by atoms with Gasteiger partial charge < -0.3 is 9.84 Å². The number of phenolic OH excluding ortho intramolecular Hbond substituents is 1. The summed E-state index contributed by atoms with van der Waals surface area (Å²) in [4.78, 5) is 0. The van der Waals surface area contributed by atoms with Gasteiger partial charge in [0.05, 0.1) is 5.56 Å². The third-order valence-electron chi connectivity index (χ3n) is 5.46. The van der Waals surface area contributed by atoms with Crippen molar-refractivity contribution in [1.82, 2.24) is 0 Å². The molecule has 2 nitrogen and oxygen atoms in total. The molecule has 1 heterocycles. The maximum absolute atomic E-state index is 10.8. The predicted molar refractivity (Wildman–Crippen MR) is 101 cm³/mol. The third kappa shape index (κ3) is 3.63. The molecule has 0 aromatic heterocycles. The van der Waals surface area contributed by atoms with Gasteiger partial charge in [-0.05, 0) is 75.1 Å². The fourth-order valence-electron chi connectivity index (χ4n) is 4.25. The number of aryl methyl sites for hydroxylation is 1. The summed E-state index contributed by atoms with van der Waals surface area (Å²) < 4.78 is 6.40. The van der Waals surface area contributed by atoms with Gasteiger partial charge in [0, 0.05) is 6.42 Å². The highest BCUT2D eigenvalue weighted by Gasteiger charge is 2.33. The zero-order valence-electron chi connectivity index (χ0n) is 15.7. The molecule has 24 heavy (non-hydrogen) atoms. The Balaban J connectivity index is 2.03. The second-order valence-corrected chi connectivity index (χ2v) is 8.41. The molecule has 0 spiro atoms. The zero-order chi connectivity index (χ0) is 17.3. The van der Waals surface area contributed by atoms with Crippen LogP contribution in [0.4, 0.5) is 0 Å². The Bertz CT molecular complexity index is 640. The van der Waals surface area contributed by atoms with E-state index in [0.717, 1.165) is 37.0 Å². The van der Waals surface area contributed by atoms with Crippen LogP contribution >= 0.6 is 0 Å². The number of rotatable bonds is 4. The highest BCUT2D eigenvalue weighted by atomic mass is 16.5. The zero-order valence-corrected chi connectivity index (χ0v) is 15.7. The molecule has 1 aromatic carbocycles. The van der Waals surface area contributed by atoms with Crippen LogP contribution in [0.2, 0.25) is 0 Å². The van der Waals surface area contributed by atoms with Crippen LogP contribution in [0.15, 0.2) is 17.7 Å². The summed E-state index contributed by atoms with van der Waals surface area (Å²) in [6.07, 6.45) is 9.05. The number of benzene rings is 1. The molecule has 0 amide bonds. The number of ether oxygens (including phenoxy) is 1. The predicted octanol–water partition coefficient (Wildman–Crippen LogP) is 6.26. The molecule has 132 valence electrons. The van der Waals surface area contributed by atoms with Crippen molar-refractivity contribution in [3.8, 4) is 11.5 Å². The van der Waals surface area contributed by atoms with Crippen molar-refractivity contribution in [3.63, 3.8) is 0 Å². The van der Waals surface area contributed by atoms with E-state index in [2.05, 4.69) is 33.8 Å². The van der Waals surface area contributed by atoms with Crippen molar-refractivity contribution in [2.45, 2.75) is 84.7 Å². The minimum Gasteiger partial charge on any atom is -0.507 e. The molecule has 1 aromatic rings. The third-order valence-corrected chi connectivity index (χ3v) is 5.46. The average molecular weight is 328 g/mol. The first kappa shape index (κ1) is 17.4. The van der Waals surface area contributed by atoms with Gasteiger partial charge in [-0.2, -0.15) is 0 Å². The molecule has 2 aliphatic rings. The van der Waals surface area contributed by atoms with Gasteiger partial charge in [0.25, 0.3) is 0 Å². The van der Waals surface area contributed by atoms with Crippen LogP contribution in [0.3, 0.4) is 0 Å². The molecule has 0 saturated carbocycles. The SMILES string of the molecule is CCCCCc1cc(O)c2c(c1)OC(C)(C)CC1=C2CC(C)CC1. The van der Waals surface area contributed by atoms with E-state index in [1.54, 1.807) is 0 Å². The number of fused-ring (bicyclic) bond motifs is 2. The maximum atomic E-state index is 10.8. The molecule has 1 atom stereocenters. The van der Waals surface area contributed by atoms with Crippen LogP contribution < -0.4 is 4.74 Å². The molecule has 3 rings (SSSR count). The van der Waals surface area contributed by atoms with Crippen molar-refractivity contribution >= 4 is 5.57 Å². The summed E-state index contributed by atoms with van der Waals surface area (Å²) in [6.45, 7) is 8.88. The fraction of sp³-hybridized carbons (Fsp3) is 0.636. The van der Waals surface area contributed by atoms with Crippen LogP contribution in [-0.2, 0) is 6.42 Å². The lowest BCUT2D eigenvalue weighted by Gasteiger charge is -2.28. The monoisotopic (exact) mass is 328 g/mol. The number of hydrogen-bond donors (Lipinski definition) is 1. The van der Waals surface area contributed by atoms with E-state index < -0.39 is 0 Å². The number of aromatic hydroxyl groups is 1. The van der Waals surface area contributed by atoms with Crippen LogP contribution in [0.5, 0.6) is 11.5 Å². The highest BCUT2D eigenvalue weighted by molar-refractivity contribution is 5.79. The molecular weight excluding hydrogens is 296 g/mol. The Hall–Kier alpha value is -1.44. The van der Waals surface area contributed by atoms with Crippen LogP contribution in [0, 0.1) is 5.92 Å². The van der Waals surface area contributed by atoms with Crippen molar-refractivity contribution < 1.29 is 9.84 Å². The first-order chi connectivity index (χ1) is 11.4. The molecule has 1 aliphatic heterocycles. The molecule has 1 unspecified atom stereocenters. The van der Waals surface area contributed by atoms with E-state index in [1.165, 1.54) is 42.4 Å². The number of phenols is 1. The van der Waals surface area contributed by atoms with Crippen LogP contribution in [-0.4, -0.2) is 10.7 Å². The first-order valence-electron chi connectivity index (χ1n) is 9.66. The lowest BCUT2D eigenvalue weighted by atomic mass is 9.79. The fourth-order valence-corrected chi connectivity index (χ4v) is 4.25. The highest BCUT2D eigenvalue weighted by Crippen LogP contribution is 2.49. The number of hydrogen-bond acceptors (Lipinski definition) is 2. The summed E-state index contributed by atoms with van der Waals surface area (Å²) in [7, 11) is 0. The van der Waals surface area contributed by atoms with Crippen LogP contribution in [0.1, 0.15) is 83.8 Å². The van der Waals surface area contributed by atoms with E-state index in [4.69, 9.17) is 4.74 Å². The summed E-state index contributed by atoms with van der Waals surface area (Å²) in [5.41, 5.74) is 4.81. The molecule has 0 radical (unpaired) electrons. The van der Waals surface area contributed by atoms with Gasteiger partial charge in [0.2, 0.25) is 0 Å². The van der Waals surface area contributed by atoms with Gasteiger partial charge in [-0.25, -0.2) is 0 Å². The van der Waals surface area contributed by atoms with E-state index in [1.807, 2.05) is 6.07 Å². The number of allylic oxidation sites excluding steroid dienone is 1. The van der Waals surface area contributed by atoms with Crippen molar-refractivity contribution in [2.75, 3.05) is 0 Å². The summed E-state index contributed by atoms with van der Waals surface area (Å²) >= 11 is 0. The Morgan fingerprint density at radius 3 is 2.79 bits per heavy atom. The lowest BCUT2D eigenvalue weighted by Crippen LogP contribution is -2.28. The molecule has 0 fully saturated rings. The van der Waals surface area contributed by atoms with E-state index in [9.17, 15) is 5.11 Å². The first-order valence-corrected chi connectivity index (χ1v) is 9.66. The smallest absolute Gasteiger partial charge is 0.131 e. The second kappa shape index (κ2) is 6.82. The average Bonchev–Trinajstić information content (AvgIpc) is 2.60. The quantitative estimate of drug-likeness (QED) is 0.661. The van der Waals surface area contributed by atoms with Gasteiger partial charge in [-0.3, -0.25) is 0 Å². The lowest BCUT2D eigenvalue weighted by molar-refractivity contribution is 0.110. The Morgan fingerprint density at radius 1 is 1.25 bits per heavy atom. The van der Waals surface area contributed by atoms with E-state index >= 15 is 0 Å². The van der Waals surface area contributed by atoms with Crippen molar-refractivity contribution in [3.05, 3.63) is 28.8 Å². The van der Waals surface area contributed by atoms with Gasteiger partial charge in [-0.15, -0.1) is 0 Å². The Morgan fingerprint density at radius 2 is 2.04 bits per heavy atom. The molecule has 1 aliphatic carbocycles. The summed E-state index contributed by atoms with van der Waals surface area (Å²) in [5.74, 6) is 1.99. The second-order valence-electron chi connectivity index (χ2n) is 8.41. The molecule has 0 saturated heterocycles. The standard InChI is InChI=1S/C22H32O2/c1-5-6-7-8-16-12-19(23)21-18-11-15(2)9-10-17(18)14-22(3,4)24-20(21)13-16/h12-13,15,23H,5-11,14H2,1-4H3. The molecular formula is C22H32O2. The molecule has 0 bridgehead atoms. The Labute approximate surface area is 146 Å². The number of unbranched alkanes of at least 4 members (excludes halogenated alkanes) is 2. The largest absolute Gasteiger partial charge is 0.507 e. The Kier molecular flexibility index (Phi) is 4.94.